The molecule has 3 aliphatic rings. The standard InChI is InChI=1S/C26H30N2O4/c1-17(18-7-5-4-6-8-18)27-25(29)31-20-11-12-26-13-14-28(2)16-19-9-10-21(30-3)24(23(19)26)32-22(26)15-20/h4-12,17,20,22H,13-16H2,1-3H3,(H,27,29)/t17-,20+,22-,26-/m0/s1. The number of hydrogen-bond acceptors (Lipinski definition) is 5. The molecule has 2 heterocycles. The van der Waals surface area contributed by atoms with Crippen molar-refractivity contribution in [2.24, 2.45) is 0 Å². The van der Waals surface area contributed by atoms with Gasteiger partial charge in [-0.1, -0.05) is 42.5 Å². The monoisotopic (exact) mass is 434 g/mol. The van der Waals surface area contributed by atoms with Gasteiger partial charge in [-0.2, -0.15) is 0 Å². The molecule has 32 heavy (non-hydrogen) atoms. The quantitative estimate of drug-likeness (QED) is 0.726. The molecule has 6 heteroatoms. The van der Waals surface area contributed by atoms with Gasteiger partial charge in [-0.05, 0) is 50.2 Å². The highest BCUT2D eigenvalue weighted by Crippen LogP contribution is 2.55. The van der Waals surface area contributed by atoms with E-state index in [1.807, 2.05) is 49.4 Å². The molecule has 0 bridgehead atoms. The van der Waals surface area contributed by atoms with Crippen molar-refractivity contribution < 1.29 is 19.0 Å². The fourth-order valence-electron chi connectivity index (χ4n) is 5.33. The second kappa shape index (κ2) is 8.17. The van der Waals surface area contributed by atoms with Gasteiger partial charge in [0.05, 0.1) is 18.6 Å². The van der Waals surface area contributed by atoms with Gasteiger partial charge in [-0.3, -0.25) is 0 Å². The van der Waals surface area contributed by atoms with Crippen LogP contribution in [0.1, 0.15) is 42.5 Å². The fourth-order valence-corrected chi connectivity index (χ4v) is 5.33. The Morgan fingerprint density at radius 2 is 2.06 bits per heavy atom. The fraction of sp³-hybridized carbons (Fsp3) is 0.423. The van der Waals surface area contributed by atoms with E-state index in [1.54, 1.807) is 7.11 Å². The van der Waals surface area contributed by atoms with E-state index >= 15 is 0 Å². The van der Waals surface area contributed by atoms with Gasteiger partial charge in [0.15, 0.2) is 11.5 Å². The maximum Gasteiger partial charge on any atom is 0.408 e. The highest BCUT2D eigenvalue weighted by molar-refractivity contribution is 5.68. The molecular formula is C26H30N2O4. The predicted octanol–water partition coefficient (Wildman–Crippen LogP) is 4.35. The molecule has 2 aromatic carbocycles. The predicted molar refractivity (Wildman–Crippen MR) is 122 cm³/mol. The molecule has 0 saturated carbocycles. The Bertz CT molecular complexity index is 1040. The lowest BCUT2D eigenvalue weighted by molar-refractivity contribution is 0.0594. The normalized spacial score (nSPS) is 26.8. The van der Waals surface area contributed by atoms with E-state index in [2.05, 4.69) is 29.4 Å². The molecule has 1 amide bonds. The van der Waals surface area contributed by atoms with Crippen LogP contribution in [0.5, 0.6) is 11.5 Å². The minimum atomic E-state index is -0.415. The maximum atomic E-state index is 12.6. The number of benzene rings is 2. The van der Waals surface area contributed by atoms with Crippen LogP contribution in [0.25, 0.3) is 0 Å². The third-order valence-electron chi connectivity index (χ3n) is 7.02. The van der Waals surface area contributed by atoms with Gasteiger partial charge < -0.3 is 24.4 Å². The zero-order valence-corrected chi connectivity index (χ0v) is 18.8. The third-order valence-corrected chi connectivity index (χ3v) is 7.02. The molecule has 5 rings (SSSR count). The molecule has 1 N–H and O–H groups in total. The topological polar surface area (TPSA) is 60.0 Å². The van der Waals surface area contributed by atoms with Crippen LogP contribution >= 0.6 is 0 Å². The van der Waals surface area contributed by atoms with Gasteiger partial charge in [-0.25, -0.2) is 4.79 Å². The Labute approximate surface area is 189 Å². The van der Waals surface area contributed by atoms with Gasteiger partial charge in [0.1, 0.15) is 12.2 Å². The summed E-state index contributed by atoms with van der Waals surface area (Å²) in [5.74, 6) is 1.61. The molecule has 0 radical (unpaired) electrons. The number of alkyl carbamates (subject to hydrolysis) is 1. The van der Waals surface area contributed by atoms with E-state index in [0.29, 0.717) is 6.42 Å². The zero-order valence-electron chi connectivity index (χ0n) is 18.8. The van der Waals surface area contributed by atoms with E-state index in [4.69, 9.17) is 14.2 Å². The van der Waals surface area contributed by atoms with Gasteiger partial charge in [-0.15, -0.1) is 0 Å². The van der Waals surface area contributed by atoms with Crippen LogP contribution in [0, 0.1) is 0 Å². The van der Waals surface area contributed by atoms with Crippen molar-refractivity contribution in [2.75, 3.05) is 20.7 Å². The molecule has 1 aliphatic carbocycles. The number of carbonyl (C=O) groups excluding carboxylic acids is 1. The molecule has 2 aliphatic heterocycles. The van der Waals surface area contributed by atoms with Crippen LogP contribution in [-0.4, -0.2) is 43.9 Å². The summed E-state index contributed by atoms with van der Waals surface area (Å²) in [6.45, 7) is 3.81. The minimum Gasteiger partial charge on any atom is -0.493 e. The molecule has 0 fully saturated rings. The molecule has 4 atom stereocenters. The number of amides is 1. The zero-order chi connectivity index (χ0) is 22.3. The number of nitrogens with zero attached hydrogens (tertiary/aromatic N) is 1. The van der Waals surface area contributed by atoms with Crippen molar-refractivity contribution in [2.45, 2.75) is 50.0 Å². The van der Waals surface area contributed by atoms with Crippen molar-refractivity contribution in [1.29, 1.82) is 0 Å². The number of carbonyl (C=O) groups is 1. The Kier molecular flexibility index (Phi) is 5.33. The van der Waals surface area contributed by atoms with Crippen LogP contribution in [0.15, 0.2) is 54.6 Å². The lowest BCUT2D eigenvalue weighted by atomic mass is 9.69. The average Bonchev–Trinajstić information content (AvgIpc) is 3.05. The van der Waals surface area contributed by atoms with Crippen molar-refractivity contribution in [3.63, 3.8) is 0 Å². The van der Waals surface area contributed by atoms with Gasteiger partial charge >= 0.3 is 6.09 Å². The van der Waals surface area contributed by atoms with E-state index in [-0.39, 0.29) is 23.7 Å². The van der Waals surface area contributed by atoms with Crippen LogP contribution in [0.4, 0.5) is 4.79 Å². The Morgan fingerprint density at radius 3 is 2.84 bits per heavy atom. The van der Waals surface area contributed by atoms with Crippen molar-refractivity contribution in [3.8, 4) is 11.5 Å². The first kappa shape index (κ1) is 20.9. The van der Waals surface area contributed by atoms with Crippen molar-refractivity contribution in [1.82, 2.24) is 10.2 Å². The number of methoxy groups -OCH3 is 1. The summed E-state index contributed by atoms with van der Waals surface area (Å²) in [4.78, 5) is 14.9. The molecule has 0 saturated heterocycles. The second-order valence-electron chi connectivity index (χ2n) is 9.08. The number of rotatable bonds is 4. The summed E-state index contributed by atoms with van der Waals surface area (Å²) in [6, 6.07) is 13.9. The second-order valence-corrected chi connectivity index (χ2v) is 9.08. The Hall–Kier alpha value is -2.99. The van der Waals surface area contributed by atoms with E-state index in [9.17, 15) is 4.79 Å². The van der Waals surface area contributed by atoms with Crippen LogP contribution in [0.3, 0.4) is 0 Å². The lowest BCUT2D eigenvalue weighted by Gasteiger charge is -2.36. The lowest BCUT2D eigenvalue weighted by Crippen LogP contribution is -2.44. The average molecular weight is 435 g/mol. The number of nitrogens with one attached hydrogen (secondary N) is 1. The first-order valence-electron chi connectivity index (χ1n) is 11.3. The minimum absolute atomic E-state index is 0.0894. The number of ether oxygens (including phenoxy) is 3. The summed E-state index contributed by atoms with van der Waals surface area (Å²) in [7, 11) is 3.83. The number of hydrogen-bond donors (Lipinski definition) is 1. The molecule has 2 aromatic rings. The summed E-state index contributed by atoms with van der Waals surface area (Å²) < 4.78 is 17.9. The van der Waals surface area contributed by atoms with Crippen molar-refractivity contribution >= 4 is 6.09 Å². The van der Waals surface area contributed by atoms with Gasteiger partial charge in [0, 0.05) is 18.5 Å². The van der Waals surface area contributed by atoms with Crippen LogP contribution in [0.2, 0.25) is 0 Å². The molecule has 1 spiro atoms. The van der Waals surface area contributed by atoms with Crippen LogP contribution < -0.4 is 14.8 Å². The molecule has 168 valence electrons. The summed E-state index contributed by atoms with van der Waals surface area (Å²) in [5, 5.41) is 2.94. The Balaban J connectivity index is 1.36. The Morgan fingerprint density at radius 1 is 1.25 bits per heavy atom. The third kappa shape index (κ3) is 3.52. The van der Waals surface area contributed by atoms with Crippen LogP contribution in [-0.2, 0) is 16.7 Å². The SMILES string of the molecule is COc1ccc2c3c1O[C@H]1C[C@H](OC(=O)N[C@@H](C)c4ccccc4)C=C[C@@]31CCN(C)C2. The van der Waals surface area contributed by atoms with E-state index in [1.165, 1.54) is 11.1 Å². The van der Waals surface area contributed by atoms with E-state index in [0.717, 1.165) is 36.6 Å². The molecule has 0 aromatic heterocycles. The molecule has 6 nitrogen and oxygen atoms in total. The smallest absolute Gasteiger partial charge is 0.408 e. The first-order chi connectivity index (χ1) is 15.5. The maximum absolute atomic E-state index is 12.6. The summed E-state index contributed by atoms with van der Waals surface area (Å²) >= 11 is 0. The van der Waals surface area contributed by atoms with Gasteiger partial charge in [0.25, 0.3) is 0 Å². The van der Waals surface area contributed by atoms with Crippen molar-refractivity contribution in [3.05, 3.63) is 71.3 Å². The summed E-state index contributed by atoms with van der Waals surface area (Å²) in [6.07, 6.45) is 4.99. The highest BCUT2D eigenvalue weighted by atomic mass is 16.6. The highest BCUT2D eigenvalue weighted by Gasteiger charge is 2.53. The van der Waals surface area contributed by atoms with Gasteiger partial charge in [0.2, 0.25) is 0 Å². The van der Waals surface area contributed by atoms with E-state index < -0.39 is 6.09 Å². The molecular weight excluding hydrogens is 404 g/mol. The largest absolute Gasteiger partial charge is 0.493 e. The summed E-state index contributed by atoms with van der Waals surface area (Å²) in [5.41, 5.74) is 3.35. The first-order valence-corrected chi connectivity index (χ1v) is 11.3. The molecule has 0 unspecified atom stereocenters.